The first-order valence-corrected chi connectivity index (χ1v) is 5.98. The van der Waals surface area contributed by atoms with Crippen molar-refractivity contribution in [2.45, 2.75) is 32.3 Å². The van der Waals surface area contributed by atoms with Gasteiger partial charge in [-0.05, 0) is 17.0 Å². The molecule has 1 unspecified atom stereocenters. The van der Waals surface area contributed by atoms with Crippen LogP contribution in [0.4, 0.5) is 0 Å². The van der Waals surface area contributed by atoms with Crippen LogP contribution in [-0.4, -0.2) is 20.3 Å². The maximum absolute atomic E-state index is 10.9. The van der Waals surface area contributed by atoms with Gasteiger partial charge in [-0.2, -0.15) is 5.10 Å². The molecule has 0 bridgehead atoms. The van der Waals surface area contributed by atoms with E-state index >= 15 is 0 Å². The monoisotopic (exact) mass is 247 g/mol. The van der Waals surface area contributed by atoms with E-state index in [0.29, 0.717) is 18.2 Å². The molecule has 0 aliphatic heterocycles. The molecule has 1 atom stereocenters. The number of hydrogen-bond donors (Lipinski definition) is 3. The first kappa shape index (κ1) is 12.6. The fourth-order valence-electron chi connectivity index (χ4n) is 2.04. The molecule has 0 saturated heterocycles. The van der Waals surface area contributed by atoms with E-state index in [4.69, 9.17) is 0 Å². The molecule has 0 saturated carbocycles. The van der Waals surface area contributed by atoms with Gasteiger partial charge in [-0.1, -0.05) is 38.1 Å². The summed E-state index contributed by atoms with van der Waals surface area (Å²) in [7, 11) is 0. The topological polar surface area (TPSA) is 81.8 Å². The average Bonchev–Trinajstić information content (AvgIpc) is 2.74. The van der Waals surface area contributed by atoms with Crippen LogP contribution in [0.25, 0.3) is 0 Å². The van der Waals surface area contributed by atoms with Gasteiger partial charge in [-0.15, -0.1) is 0 Å². The Labute approximate surface area is 105 Å². The number of aromatic nitrogens is 3. The molecule has 5 heteroatoms. The van der Waals surface area contributed by atoms with Gasteiger partial charge in [0, 0.05) is 6.42 Å². The molecule has 3 N–H and O–H groups in total. The van der Waals surface area contributed by atoms with Crippen LogP contribution in [0.2, 0.25) is 0 Å². The Bertz CT molecular complexity index is 571. The largest absolute Gasteiger partial charge is 0.388 e. The number of aromatic amines is 2. The third kappa shape index (κ3) is 2.68. The third-order valence-electron chi connectivity index (χ3n) is 2.91. The van der Waals surface area contributed by atoms with E-state index in [2.05, 4.69) is 29.0 Å². The zero-order chi connectivity index (χ0) is 13.1. The van der Waals surface area contributed by atoms with Crippen molar-refractivity contribution in [2.75, 3.05) is 0 Å². The fraction of sp³-hybridized carbons (Fsp3) is 0.385. The fourth-order valence-corrected chi connectivity index (χ4v) is 2.04. The predicted molar refractivity (Wildman–Crippen MR) is 68.4 cm³/mol. The van der Waals surface area contributed by atoms with Crippen molar-refractivity contribution < 1.29 is 5.11 Å². The number of hydrogen-bond acceptors (Lipinski definition) is 3. The lowest BCUT2D eigenvalue weighted by molar-refractivity contribution is 0.174. The molecule has 0 aliphatic rings. The van der Waals surface area contributed by atoms with Gasteiger partial charge in [0.15, 0.2) is 0 Å². The predicted octanol–water partition coefficient (Wildman–Crippen LogP) is 1.50. The quantitative estimate of drug-likeness (QED) is 0.765. The van der Waals surface area contributed by atoms with Gasteiger partial charge in [0.25, 0.3) is 0 Å². The minimum absolute atomic E-state index is 0.294. The zero-order valence-corrected chi connectivity index (χ0v) is 10.5. The molecular weight excluding hydrogens is 230 g/mol. The molecule has 5 nitrogen and oxygen atoms in total. The van der Waals surface area contributed by atoms with E-state index in [-0.39, 0.29) is 5.69 Å². The highest BCUT2D eigenvalue weighted by Crippen LogP contribution is 2.26. The van der Waals surface area contributed by atoms with Gasteiger partial charge in [0.1, 0.15) is 5.82 Å². The summed E-state index contributed by atoms with van der Waals surface area (Å²) in [6.07, 6.45) is -0.370. The van der Waals surface area contributed by atoms with Crippen molar-refractivity contribution in [2.24, 2.45) is 0 Å². The van der Waals surface area contributed by atoms with E-state index in [0.717, 1.165) is 11.1 Å². The second-order valence-electron chi connectivity index (χ2n) is 4.63. The molecule has 1 aromatic carbocycles. The maximum Gasteiger partial charge on any atom is 0.340 e. The summed E-state index contributed by atoms with van der Waals surface area (Å²) in [6, 6.07) is 7.78. The molecule has 2 rings (SSSR count). The van der Waals surface area contributed by atoms with E-state index in [1.54, 1.807) is 0 Å². The molecule has 0 amide bonds. The van der Waals surface area contributed by atoms with Crippen molar-refractivity contribution in [3.05, 3.63) is 51.7 Å². The number of H-pyrrole nitrogens is 2. The van der Waals surface area contributed by atoms with Crippen LogP contribution in [0.3, 0.4) is 0 Å². The van der Waals surface area contributed by atoms with Crippen molar-refractivity contribution in [3.63, 3.8) is 0 Å². The number of nitrogens with one attached hydrogen (secondary N) is 2. The summed E-state index contributed by atoms with van der Waals surface area (Å²) in [6.45, 7) is 4.17. The SMILES string of the molecule is CC(C)c1ccccc1C(O)Cc1n[nH]c(=O)[nH]1. The molecule has 0 radical (unpaired) electrons. The van der Waals surface area contributed by atoms with E-state index in [9.17, 15) is 9.90 Å². The highest BCUT2D eigenvalue weighted by molar-refractivity contribution is 5.31. The number of nitrogens with zero attached hydrogens (tertiary/aromatic N) is 1. The van der Waals surface area contributed by atoms with Crippen LogP contribution in [0.1, 0.15) is 42.8 Å². The van der Waals surface area contributed by atoms with Gasteiger partial charge in [-0.3, -0.25) is 4.98 Å². The normalized spacial score (nSPS) is 12.9. The summed E-state index contributed by atoms with van der Waals surface area (Å²) in [5.41, 5.74) is 1.65. The Hall–Kier alpha value is -1.88. The van der Waals surface area contributed by atoms with Crippen LogP contribution >= 0.6 is 0 Å². The van der Waals surface area contributed by atoms with Gasteiger partial charge < -0.3 is 5.11 Å². The average molecular weight is 247 g/mol. The van der Waals surface area contributed by atoms with Crippen molar-refractivity contribution in [3.8, 4) is 0 Å². The summed E-state index contributed by atoms with van der Waals surface area (Å²) in [4.78, 5) is 13.5. The lowest BCUT2D eigenvalue weighted by atomic mass is 9.93. The Morgan fingerprint density at radius 3 is 2.50 bits per heavy atom. The molecule has 0 aliphatic carbocycles. The zero-order valence-electron chi connectivity index (χ0n) is 10.5. The van der Waals surface area contributed by atoms with Gasteiger partial charge in [0.2, 0.25) is 0 Å². The van der Waals surface area contributed by atoms with Crippen LogP contribution in [-0.2, 0) is 6.42 Å². The van der Waals surface area contributed by atoms with Crippen molar-refractivity contribution in [1.82, 2.24) is 15.2 Å². The minimum atomic E-state index is -0.664. The Morgan fingerprint density at radius 2 is 1.94 bits per heavy atom. The molecule has 0 spiro atoms. The van der Waals surface area contributed by atoms with E-state index in [1.807, 2.05) is 24.3 Å². The highest BCUT2D eigenvalue weighted by atomic mass is 16.3. The van der Waals surface area contributed by atoms with Crippen LogP contribution in [0.15, 0.2) is 29.1 Å². The summed E-state index contributed by atoms with van der Waals surface area (Å²) in [5, 5.41) is 16.3. The van der Waals surface area contributed by atoms with Crippen LogP contribution in [0.5, 0.6) is 0 Å². The Morgan fingerprint density at radius 1 is 1.28 bits per heavy atom. The first-order valence-electron chi connectivity index (χ1n) is 5.98. The number of benzene rings is 1. The Kier molecular flexibility index (Phi) is 3.62. The second-order valence-corrected chi connectivity index (χ2v) is 4.63. The molecule has 96 valence electrons. The van der Waals surface area contributed by atoms with Crippen molar-refractivity contribution in [1.29, 1.82) is 0 Å². The molecule has 0 fully saturated rings. The van der Waals surface area contributed by atoms with Crippen LogP contribution in [0, 0.1) is 0 Å². The van der Waals surface area contributed by atoms with Crippen LogP contribution < -0.4 is 5.69 Å². The summed E-state index contributed by atoms with van der Waals surface area (Å²) in [5.74, 6) is 0.806. The molecule has 1 heterocycles. The minimum Gasteiger partial charge on any atom is -0.388 e. The summed E-state index contributed by atoms with van der Waals surface area (Å²) >= 11 is 0. The molecule has 2 aromatic rings. The Balaban J connectivity index is 2.23. The number of aliphatic hydroxyl groups is 1. The third-order valence-corrected chi connectivity index (χ3v) is 2.91. The molecule has 1 aromatic heterocycles. The van der Waals surface area contributed by atoms with Gasteiger partial charge in [-0.25, -0.2) is 9.89 Å². The van der Waals surface area contributed by atoms with Crippen molar-refractivity contribution >= 4 is 0 Å². The second kappa shape index (κ2) is 5.18. The van der Waals surface area contributed by atoms with E-state index < -0.39 is 6.10 Å². The lowest BCUT2D eigenvalue weighted by Gasteiger charge is -2.16. The highest BCUT2D eigenvalue weighted by Gasteiger charge is 2.15. The van der Waals surface area contributed by atoms with Gasteiger partial charge >= 0.3 is 5.69 Å². The van der Waals surface area contributed by atoms with Gasteiger partial charge in [0.05, 0.1) is 6.10 Å². The first-order chi connectivity index (χ1) is 8.58. The molecule has 18 heavy (non-hydrogen) atoms. The summed E-state index contributed by atoms with van der Waals surface area (Å²) < 4.78 is 0. The lowest BCUT2D eigenvalue weighted by Crippen LogP contribution is -2.08. The number of aliphatic hydroxyl groups excluding tert-OH is 1. The number of rotatable bonds is 4. The smallest absolute Gasteiger partial charge is 0.340 e. The maximum atomic E-state index is 10.9. The van der Waals surface area contributed by atoms with E-state index in [1.165, 1.54) is 0 Å². The molecular formula is C13H17N3O2. The standard InChI is InChI=1S/C13H17N3O2/c1-8(2)9-5-3-4-6-10(9)11(17)7-12-14-13(18)16-15-12/h3-6,8,11,17H,7H2,1-2H3,(H2,14,15,16,18).